The Balaban J connectivity index is 1.99. The topological polar surface area (TPSA) is 67.2 Å². The van der Waals surface area contributed by atoms with E-state index in [4.69, 9.17) is 4.52 Å². The molecule has 0 aliphatic rings. The molecule has 2 N–H and O–H groups in total. The molecular formula is C17H23N3O2. The Kier molecular flexibility index (Phi) is 5.20. The molecule has 22 heavy (non-hydrogen) atoms. The molecule has 1 heterocycles. The Morgan fingerprint density at radius 1 is 1.27 bits per heavy atom. The second-order valence-corrected chi connectivity index (χ2v) is 5.83. The molecule has 1 aromatic carbocycles. The lowest BCUT2D eigenvalue weighted by molar-refractivity contribution is 0.232. The van der Waals surface area contributed by atoms with Crippen LogP contribution in [-0.4, -0.2) is 11.2 Å². The molecule has 0 saturated heterocycles. The van der Waals surface area contributed by atoms with E-state index in [-0.39, 0.29) is 12.1 Å². The largest absolute Gasteiger partial charge is 0.361 e. The maximum absolute atomic E-state index is 12.1. The van der Waals surface area contributed by atoms with Crippen molar-refractivity contribution in [1.29, 1.82) is 0 Å². The lowest BCUT2D eigenvalue weighted by Gasteiger charge is -2.24. The van der Waals surface area contributed by atoms with E-state index in [9.17, 15) is 4.79 Å². The highest BCUT2D eigenvalue weighted by atomic mass is 16.5. The van der Waals surface area contributed by atoms with Crippen molar-refractivity contribution in [3.63, 3.8) is 0 Å². The fraction of sp³-hybridized carbons (Fsp3) is 0.412. The van der Waals surface area contributed by atoms with Gasteiger partial charge in [-0.1, -0.05) is 43.3 Å². The predicted molar refractivity (Wildman–Crippen MR) is 85.4 cm³/mol. The van der Waals surface area contributed by atoms with Crippen LogP contribution in [0.15, 0.2) is 34.9 Å². The van der Waals surface area contributed by atoms with Crippen LogP contribution in [0.1, 0.15) is 42.5 Å². The number of aromatic nitrogens is 1. The summed E-state index contributed by atoms with van der Waals surface area (Å²) < 4.78 is 4.98. The summed E-state index contributed by atoms with van der Waals surface area (Å²) in [5, 5.41) is 9.71. The number of amides is 2. The number of aryl methyl sites for hydroxylation is 2. The summed E-state index contributed by atoms with van der Waals surface area (Å²) in [5.41, 5.74) is 3.03. The first-order chi connectivity index (χ1) is 10.5. The first-order valence-electron chi connectivity index (χ1n) is 7.49. The number of carbonyl (C=O) groups is 1. The zero-order valence-corrected chi connectivity index (χ0v) is 13.5. The second kappa shape index (κ2) is 7.11. The number of hydrogen-bond donors (Lipinski definition) is 2. The van der Waals surface area contributed by atoms with Crippen LogP contribution in [0, 0.1) is 19.8 Å². The molecule has 0 spiro atoms. The molecule has 2 aromatic rings. The number of rotatable bonds is 5. The lowest BCUT2D eigenvalue weighted by atomic mass is 9.93. The smallest absolute Gasteiger partial charge is 0.315 e. The first-order valence-corrected chi connectivity index (χ1v) is 7.49. The third kappa shape index (κ3) is 4.10. The highest BCUT2D eigenvalue weighted by Crippen LogP contribution is 2.24. The Hall–Kier alpha value is -2.30. The van der Waals surface area contributed by atoms with E-state index >= 15 is 0 Å². The normalized spacial score (nSPS) is 12.2. The number of hydrogen-bond acceptors (Lipinski definition) is 3. The quantitative estimate of drug-likeness (QED) is 0.888. The molecule has 0 aliphatic heterocycles. The summed E-state index contributed by atoms with van der Waals surface area (Å²) in [4.78, 5) is 12.1. The van der Waals surface area contributed by atoms with Crippen molar-refractivity contribution in [2.75, 3.05) is 0 Å². The highest BCUT2D eigenvalue weighted by Gasteiger charge is 2.19. The summed E-state index contributed by atoms with van der Waals surface area (Å²) in [6, 6.07) is 9.69. The van der Waals surface area contributed by atoms with E-state index in [1.807, 2.05) is 25.1 Å². The van der Waals surface area contributed by atoms with Crippen molar-refractivity contribution in [2.45, 2.75) is 40.3 Å². The minimum Gasteiger partial charge on any atom is -0.361 e. The van der Waals surface area contributed by atoms with E-state index < -0.39 is 0 Å². The molecule has 0 saturated carbocycles. The molecule has 0 radical (unpaired) electrons. The minimum absolute atomic E-state index is 0.0276. The summed E-state index contributed by atoms with van der Waals surface area (Å²) in [5.74, 6) is 1.03. The summed E-state index contributed by atoms with van der Waals surface area (Å²) >= 11 is 0. The van der Waals surface area contributed by atoms with E-state index in [1.165, 1.54) is 5.56 Å². The van der Waals surface area contributed by atoms with Crippen molar-refractivity contribution < 1.29 is 9.32 Å². The molecule has 2 amide bonds. The standard InChI is InChI=1S/C17H23N3O2/c1-11(2)16(15-8-6-5-7-12(15)3)19-17(21)18-10-14-9-13(4)22-20-14/h5-9,11,16H,10H2,1-4H3,(H2,18,19,21)/t16-/m1/s1. The van der Waals surface area contributed by atoms with Crippen molar-refractivity contribution in [1.82, 2.24) is 15.8 Å². The van der Waals surface area contributed by atoms with E-state index in [2.05, 4.69) is 48.7 Å². The zero-order valence-electron chi connectivity index (χ0n) is 13.5. The Labute approximate surface area is 131 Å². The molecule has 0 aliphatic carbocycles. The van der Waals surface area contributed by atoms with Gasteiger partial charge in [-0.15, -0.1) is 0 Å². The molecule has 1 atom stereocenters. The number of nitrogens with zero attached hydrogens (tertiary/aromatic N) is 1. The van der Waals surface area contributed by atoms with Crippen LogP contribution < -0.4 is 10.6 Å². The van der Waals surface area contributed by atoms with E-state index in [1.54, 1.807) is 0 Å². The molecule has 1 aromatic heterocycles. The SMILES string of the molecule is Cc1cc(CNC(=O)N[C@@H](c2ccccc2C)C(C)C)no1. The van der Waals surface area contributed by atoms with Crippen LogP contribution >= 0.6 is 0 Å². The Bertz CT molecular complexity index is 634. The summed E-state index contributed by atoms with van der Waals surface area (Å²) in [6.07, 6.45) is 0. The van der Waals surface area contributed by atoms with Gasteiger partial charge in [-0.3, -0.25) is 0 Å². The summed E-state index contributed by atoms with van der Waals surface area (Å²) in [6.45, 7) is 8.42. The van der Waals surface area contributed by atoms with Crippen molar-refractivity contribution in [2.24, 2.45) is 5.92 Å². The number of urea groups is 1. The maximum atomic E-state index is 12.1. The van der Waals surface area contributed by atoms with Gasteiger partial charge in [0, 0.05) is 6.07 Å². The Morgan fingerprint density at radius 3 is 2.59 bits per heavy atom. The number of carbonyl (C=O) groups excluding carboxylic acids is 1. The van der Waals surface area contributed by atoms with Gasteiger partial charge in [-0.2, -0.15) is 0 Å². The van der Waals surface area contributed by atoms with Gasteiger partial charge in [0.1, 0.15) is 11.5 Å². The first kappa shape index (κ1) is 16.1. The van der Waals surface area contributed by atoms with Gasteiger partial charge in [-0.05, 0) is 30.9 Å². The van der Waals surface area contributed by atoms with Crippen LogP contribution in [0.2, 0.25) is 0 Å². The van der Waals surface area contributed by atoms with Crippen LogP contribution in [0.3, 0.4) is 0 Å². The number of nitrogens with one attached hydrogen (secondary N) is 2. The van der Waals surface area contributed by atoms with Crippen molar-refractivity contribution in [3.05, 3.63) is 52.9 Å². The van der Waals surface area contributed by atoms with Gasteiger partial charge in [0.15, 0.2) is 0 Å². The molecule has 0 bridgehead atoms. The Morgan fingerprint density at radius 2 is 2.00 bits per heavy atom. The van der Waals surface area contributed by atoms with Gasteiger partial charge >= 0.3 is 6.03 Å². The van der Waals surface area contributed by atoms with Gasteiger partial charge in [-0.25, -0.2) is 4.79 Å². The fourth-order valence-corrected chi connectivity index (χ4v) is 2.40. The molecule has 2 rings (SSSR count). The molecule has 0 fully saturated rings. The zero-order chi connectivity index (χ0) is 16.1. The van der Waals surface area contributed by atoms with E-state index in [0.29, 0.717) is 18.2 Å². The monoisotopic (exact) mass is 301 g/mol. The van der Waals surface area contributed by atoms with Gasteiger partial charge in [0.2, 0.25) is 0 Å². The van der Waals surface area contributed by atoms with Crippen molar-refractivity contribution >= 4 is 6.03 Å². The molecule has 118 valence electrons. The minimum atomic E-state index is -0.206. The van der Waals surface area contributed by atoms with Crippen LogP contribution in [0.5, 0.6) is 0 Å². The maximum Gasteiger partial charge on any atom is 0.315 e. The lowest BCUT2D eigenvalue weighted by Crippen LogP contribution is -2.39. The third-order valence-electron chi connectivity index (χ3n) is 3.58. The van der Waals surface area contributed by atoms with Crippen LogP contribution in [0.25, 0.3) is 0 Å². The van der Waals surface area contributed by atoms with Gasteiger partial charge < -0.3 is 15.2 Å². The average molecular weight is 301 g/mol. The highest BCUT2D eigenvalue weighted by molar-refractivity contribution is 5.74. The molecular weight excluding hydrogens is 278 g/mol. The van der Waals surface area contributed by atoms with E-state index in [0.717, 1.165) is 11.3 Å². The third-order valence-corrected chi connectivity index (χ3v) is 3.58. The van der Waals surface area contributed by atoms with Crippen LogP contribution in [0.4, 0.5) is 4.79 Å². The summed E-state index contributed by atoms with van der Waals surface area (Å²) in [7, 11) is 0. The fourth-order valence-electron chi connectivity index (χ4n) is 2.40. The van der Waals surface area contributed by atoms with Crippen LogP contribution in [-0.2, 0) is 6.54 Å². The molecule has 5 heteroatoms. The van der Waals surface area contributed by atoms with Gasteiger partial charge in [0.25, 0.3) is 0 Å². The number of benzene rings is 1. The molecule has 5 nitrogen and oxygen atoms in total. The molecule has 0 unspecified atom stereocenters. The van der Waals surface area contributed by atoms with Gasteiger partial charge in [0.05, 0.1) is 12.6 Å². The average Bonchev–Trinajstić information content (AvgIpc) is 2.89. The predicted octanol–water partition coefficient (Wildman–Crippen LogP) is 3.49. The second-order valence-electron chi connectivity index (χ2n) is 5.83. The van der Waals surface area contributed by atoms with Crippen molar-refractivity contribution in [3.8, 4) is 0 Å².